The molecule has 0 amide bonds. The summed E-state index contributed by atoms with van der Waals surface area (Å²) in [5.41, 5.74) is 1.29. The Morgan fingerprint density at radius 2 is 2.12 bits per heavy atom. The molecule has 0 aliphatic carbocycles. The molecule has 1 aliphatic rings. The summed E-state index contributed by atoms with van der Waals surface area (Å²) < 4.78 is 7.88. The third-order valence-corrected chi connectivity index (χ3v) is 5.45. The van der Waals surface area contributed by atoms with E-state index in [0.717, 1.165) is 22.0 Å². The van der Waals surface area contributed by atoms with Crippen molar-refractivity contribution in [3.8, 4) is 0 Å². The summed E-state index contributed by atoms with van der Waals surface area (Å²) in [6.07, 6.45) is 1.45. The van der Waals surface area contributed by atoms with Gasteiger partial charge in [0.25, 0.3) is 0 Å². The average Bonchev–Trinajstić information content (AvgIpc) is 2.67. The van der Waals surface area contributed by atoms with Crippen molar-refractivity contribution in [2.45, 2.75) is 24.3 Å². The quantitative estimate of drug-likeness (QED) is 0.616. The molecule has 4 heteroatoms. The molecule has 1 aromatic carbocycles. The first-order valence-corrected chi connectivity index (χ1v) is 7.80. The summed E-state index contributed by atoms with van der Waals surface area (Å²) in [6, 6.07) is 6.28. The van der Waals surface area contributed by atoms with Gasteiger partial charge in [-0.2, -0.15) is 0 Å². The highest BCUT2D eigenvalue weighted by Gasteiger charge is 2.32. The van der Waals surface area contributed by atoms with Gasteiger partial charge in [0.1, 0.15) is 0 Å². The highest BCUT2D eigenvalue weighted by Crippen LogP contribution is 2.42. The molecule has 0 saturated carbocycles. The number of benzene rings is 1. The van der Waals surface area contributed by atoms with Gasteiger partial charge >= 0.3 is 0 Å². The lowest BCUT2D eigenvalue weighted by molar-refractivity contribution is 0.105. The highest BCUT2D eigenvalue weighted by molar-refractivity contribution is 9.11. The zero-order valence-corrected chi connectivity index (χ0v) is 13.7. The molecule has 0 radical (unpaired) electrons. The fourth-order valence-electron chi connectivity index (χ4n) is 2.09. The lowest BCUT2D eigenvalue weighted by atomic mass is 9.94. The summed E-state index contributed by atoms with van der Waals surface area (Å²) in [4.78, 5) is 0.344. The van der Waals surface area contributed by atoms with E-state index in [2.05, 4.69) is 66.8 Å². The summed E-state index contributed by atoms with van der Waals surface area (Å²) >= 11 is 10.9. The van der Waals surface area contributed by atoms with E-state index in [0.29, 0.717) is 16.8 Å². The van der Waals surface area contributed by atoms with E-state index in [4.69, 9.17) is 4.74 Å². The Labute approximate surface area is 121 Å². The average molecular weight is 413 g/mol. The molecule has 0 aromatic heterocycles. The second kappa shape index (κ2) is 5.51. The van der Waals surface area contributed by atoms with Crippen molar-refractivity contribution < 1.29 is 4.74 Å². The number of halogens is 3. The molecular weight excluding hydrogens is 400 g/mol. The number of ether oxygens (including phenoxy) is 1. The number of alkyl halides is 1. The zero-order valence-electron chi connectivity index (χ0n) is 8.92. The molecule has 0 bridgehead atoms. The first-order valence-electron chi connectivity index (χ1n) is 5.30. The second-order valence-corrected chi connectivity index (χ2v) is 6.85. The highest BCUT2D eigenvalue weighted by atomic mass is 79.9. The maximum Gasteiger partial charge on any atom is 0.0589 e. The van der Waals surface area contributed by atoms with Crippen LogP contribution >= 0.6 is 47.8 Å². The van der Waals surface area contributed by atoms with Crippen molar-refractivity contribution in [1.82, 2.24) is 0 Å². The van der Waals surface area contributed by atoms with Crippen LogP contribution in [0, 0.1) is 5.92 Å². The molecule has 0 N–H and O–H groups in total. The Morgan fingerprint density at radius 3 is 2.75 bits per heavy atom. The molecule has 1 aliphatic heterocycles. The van der Waals surface area contributed by atoms with E-state index in [9.17, 15) is 0 Å². The standard InChI is InChI=1S/C12H13Br3O/c1-7-9(4-5-16-7)12(15)10-6-8(13)2-3-11(10)14/h2-3,6-7,9,12H,4-5H2,1H3. The van der Waals surface area contributed by atoms with Crippen LogP contribution in [0.15, 0.2) is 27.1 Å². The first-order chi connectivity index (χ1) is 7.59. The van der Waals surface area contributed by atoms with E-state index < -0.39 is 0 Å². The molecule has 3 atom stereocenters. The largest absolute Gasteiger partial charge is 0.378 e. The Bertz CT molecular complexity index is 381. The van der Waals surface area contributed by atoms with Gasteiger partial charge in [0, 0.05) is 26.3 Å². The Kier molecular flexibility index (Phi) is 4.50. The molecule has 1 fully saturated rings. The number of rotatable bonds is 2. The van der Waals surface area contributed by atoms with E-state index >= 15 is 0 Å². The van der Waals surface area contributed by atoms with Crippen LogP contribution in [-0.2, 0) is 4.74 Å². The van der Waals surface area contributed by atoms with Crippen molar-refractivity contribution >= 4 is 47.8 Å². The fraction of sp³-hybridized carbons (Fsp3) is 0.500. The molecule has 88 valence electrons. The van der Waals surface area contributed by atoms with Gasteiger partial charge in [-0.15, -0.1) is 0 Å². The van der Waals surface area contributed by atoms with Crippen molar-refractivity contribution in [3.63, 3.8) is 0 Å². The summed E-state index contributed by atoms with van der Waals surface area (Å²) in [5, 5.41) is 0. The van der Waals surface area contributed by atoms with Gasteiger partial charge < -0.3 is 4.74 Å². The van der Waals surface area contributed by atoms with Crippen molar-refractivity contribution in [2.24, 2.45) is 5.92 Å². The Morgan fingerprint density at radius 1 is 1.38 bits per heavy atom. The summed E-state index contributed by atoms with van der Waals surface area (Å²) in [6.45, 7) is 3.03. The molecule has 1 nitrogen and oxygen atoms in total. The lowest BCUT2D eigenvalue weighted by Gasteiger charge is -2.22. The predicted molar refractivity (Wildman–Crippen MR) is 77.0 cm³/mol. The van der Waals surface area contributed by atoms with Crippen LogP contribution in [0.25, 0.3) is 0 Å². The molecule has 16 heavy (non-hydrogen) atoms. The van der Waals surface area contributed by atoms with Crippen LogP contribution in [-0.4, -0.2) is 12.7 Å². The third kappa shape index (κ3) is 2.71. The van der Waals surface area contributed by atoms with Gasteiger partial charge in [-0.1, -0.05) is 47.8 Å². The topological polar surface area (TPSA) is 9.23 Å². The molecule has 0 spiro atoms. The van der Waals surface area contributed by atoms with E-state index in [1.807, 2.05) is 6.07 Å². The minimum absolute atomic E-state index is 0.329. The minimum atomic E-state index is 0.329. The van der Waals surface area contributed by atoms with Crippen LogP contribution in [0.2, 0.25) is 0 Å². The van der Waals surface area contributed by atoms with Crippen molar-refractivity contribution in [2.75, 3.05) is 6.61 Å². The van der Waals surface area contributed by atoms with E-state index in [1.165, 1.54) is 5.56 Å². The van der Waals surface area contributed by atoms with Gasteiger partial charge in [-0.05, 0) is 37.1 Å². The normalized spacial score (nSPS) is 27.0. The predicted octanol–water partition coefficient (Wildman–Crippen LogP) is 5.07. The Balaban J connectivity index is 2.25. The third-order valence-electron chi connectivity index (χ3n) is 3.07. The van der Waals surface area contributed by atoms with Crippen LogP contribution < -0.4 is 0 Å². The number of hydrogen-bond donors (Lipinski definition) is 0. The lowest BCUT2D eigenvalue weighted by Crippen LogP contribution is -2.16. The Hall–Kier alpha value is 0.620. The second-order valence-electron chi connectivity index (χ2n) is 4.10. The molecule has 1 saturated heterocycles. The monoisotopic (exact) mass is 410 g/mol. The molecule has 2 rings (SSSR count). The van der Waals surface area contributed by atoms with Crippen LogP contribution in [0.5, 0.6) is 0 Å². The summed E-state index contributed by atoms with van der Waals surface area (Å²) in [5.74, 6) is 0.547. The van der Waals surface area contributed by atoms with Gasteiger partial charge in [-0.3, -0.25) is 0 Å². The molecular formula is C12H13Br3O. The molecule has 1 heterocycles. The summed E-state index contributed by atoms with van der Waals surface area (Å²) in [7, 11) is 0. The van der Waals surface area contributed by atoms with Crippen LogP contribution in [0.4, 0.5) is 0 Å². The van der Waals surface area contributed by atoms with Gasteiger partial charge in [-0.25, -0.2) is 0 Å². The maximum atomic E-state index is 5.62. The van der Waals surface area contributed by atoms with Crippen LogP contribution in [0.1, 0.15) is 23.7 Å². The SMILES string of the molecule is CC1OCCC1C(Br)c1cc(Br)ccc1Br. The smallest absolute Gasteiger partial charge is 0.0589 e. The number of hydrogen-bond acceptors (Lipinski definition) is 1. The van der Waals surface area contributed by atoms with Gasteiger partial charge in [0.15, 0.2) is 0 Å². The van der Waals surface area contributed by atoms with Crippen LogP contribution in [0.3, 0.4) is 0 Å². The minimum Gasteiger partial charge on any atom is -0.378 e. The van der Waals surface area contributed by atoms with Gasteiger partial charge in [0.05, 0.1) is 6.10 Å². The van der Waals surface area contributed by atoms with E-state index in [1.54, 1.807) is 0 Å². The van der Waals surface area contributed by atoms with E-state index in [-0.39, 0.29) is 0 Å². The maximum absolute atomic E-state index is 5.62. The molecule has 1 aromatic rings. The van der Waals surface area contributed by atoms with Gasteiger partial charge in [0.2, 0.25) is 0 Å². The van der Waals surface area contributed by atoms with Crippen molar-refractivity contribution in [1.29, 1.82) is 0 Å². The molecule has 3 unspecified atom stereocenters. The van der Waals surface area contributed by atoms with Crippen molar-refractivity contribution in [3.05, 3.63) is 32.7 Å². The zero-order chi connectivity index (χ0) is 11.7. The fourth-order valence-corrected chi connectivity index (χ4v) is 4.34. The first kappa shape index (κ1) is 13.1.